The number of ether oxygens (including phenoxy) is 1. The van der Waals surface area contributed by atoms with Crippen molar-refractivity contribution < 1.29 is 9.53 Å². The van der Waals surface area contributed by atoms with Gasteiger partial charge >= 0.3 is 0 Å². The van der Waals surface area contributed by atoms with Crippen molar-refractivity contribution in [2.75, 3.05) is 46.4 Å². The van der Waals surface area contributed by atoms with E-state index in [4.69, 9.17) is 4.74 Å². The monoisotopic (exact) mass is 359 g/mol. The fraction of sp³-hybridized carbons (Fsp3) is 0.667. The molecule has 2 aliphatic heterocycles. The molecule has 0 aliphatic carbocycles. The van der Waals surface area contributed by atoms with Crippen molar-refractivity contribution in [3.8, 4) is 5.75 Å². The summed E-state index contributed by atoms with van der Waals surface area (Å²) in [7, 11) is 1.67. The molecule has 5 heteroatoms. The average Bonchev–Trinajstić information content (AvgIpc) is 3.22. The van der Waals surface area contributed by atoms with Crippen LogP contribution in [0.2, 0.25) is 0 Å². The second-order valence-corrected chi connectivity index (χ2v) is 7.48. The maximum absolute atomic E-state index is 13.0. The Kier molecular flexibility index (Phi) is 7.32. The van der Waals surface area contributed by atoms with Crippen LogP contribution in [0, 0.1) is 0 Å². The van der Waals surface area contributed by atoms with Gasteiger partial charge in [-0.15, -0.1) is 0 Å². The van der Waals surface area contributed by atoms with E-state index < -0.39 is 0 Å². The van der Waals surface area contributed by atoms with Crippen molar-refractivity contribution in [1.29, 1.82) is 0 Å². The highest BCUT2D eigenvalue weighted by molar-refractivity contribution is 5.77. The number of rotatable bonds is 8. The Bertz CT molecular complexity index is 549. The molecule has 1 unspecified atom stereocenters. The summed E-state index contributed by atoms with van der Waals surface area (Å²) in [6.07, 6.45) is 6.42. The lowest BCUT2D eigenvalue weighted by Gasteiger charge is -2.33. The molecular weight excluding hydrogens is 326 g/mol. The molecule has 0 spiro atoms. The first-order valence-electron chi connectivity index (χ1n) is 10.1. The minimum absolute atomic E-state index is 0.298. The predicted octanol–water partition coefficient (Wildman–Crippen LogP) is 2.30. The first-order chi connectivity index (χ1) is 12.8. The van der Waals surface area contributed by atoms with Gasteiger partial charge in [0.25, 0.3) is 0 Å². The lowest BCUT2D eigenvalue weighted by atomic mass is 10.1. The van der Waals surface area contributed by atoms with E-state index in [9.17, 15) is 4.79 Å². The van der Waals surface area contributed by atoms with Crippen molar-refractivity contribution in [2.45, 2.75) is 44.6 Å². The van der Waals surface area contributed by atoms with Gasteiger partial charge in [-0.3, -0.25) is 4.79 Å². The zero-order valence-corrected chi connectivity index (χ0v) is 16.1. The third-order valence-corrected chi connectivity index (χ3v) is 5.69. The molecule has 0 saturated carbocycles. The maximum atomic E-state index is 13.0. The van der Waals surface area contributed by atoms with Crippen LogP contribution >= 0.6 is 0 Å². The number of methoxy groups -OCH3 is 1. The van der Waals surface area contributed by atoms with E-state index in [0.29, 0.717) is 18.4 Å². The Hall–Kier alpha value is -1.59. The maximum Gasteiger partial charge on any atom is 0.223 e. The number of hydrogen-bond donors (Lipinski definition) is 1. The average molecular weight is 360 g/mol. The Morgan fingerprint density at radius 2 is 2.00 bits per heavy atom. The molecule has 1 aromatic rings. The summed E-state index contributed by atoms with van der Waals surface area (Å²) in [4.78, 5) is 17.6. The highest BCUT2D eigenvalue weighted by Gasteiger charge is 2.26. The molecule has 1 N–H and O–H groups in total. The number of carbonyl (C=O) groups is 1. The quantitative estimate of drug-likeness (QED) is 0.774. The van der Waals surface area contributed by atoms with Crippen molar-refractivity contribution in [3.63, 3.8) is 0 Å². The summed E-state index contributed by atoms with van der Waals surface area (Å²) in [5.41, 5.74) is 1.19. The minimum Gasteiger partial charge on any atom is -0.497 e. The SMILES string of the molecule is COc1ccc(CCC(=O)N(CCN2CCCCC2)C2CCNC2)cc1. The third-order valence-electron chi connectivity index (χ3n) is 5.69. The molecule has 2 saturated heterocycles. The van der Waals surface area contributed by atoms with Gasteiger partial charge in [0.2, 0.25) is 5.91 Å². The van der Waals surface area contributed by atoms with E-state index in [2.05, 4.69) is 27.2 Å². The summed E-state index contributed by atoms with van der Waals surface area (Å²) >= 11 is 0. The van der Waals surface area contributed by atoms with Gasteiger partial charge in [-0.05, 0) is 63.0 Å². The topological polar surface area (TPSA) is 44.8 Å². The number of carbonyl (C=O) groups excluding carboxylic acids is 1. The Morgan fingerprint density at radius 3 is 2.65 bits per heavy atom. The van der Waals surface area contributed by atoms with Crippen LogP contribution in [0.15, 0.2) is 24.3 Å². The number of hydrogen-bond acceptors (Lipinski definition) is 4. The highest BCUT2D eigenvalue weighted by atomic mass is 16.5. The minimum atomic E-state index is 0.298. The van der Waals surface area contributed by atoms with Crippen LogP contribution in [0.3, 0.4) is 0 Å². The smallest absolute Gasteiger partial charge is 0.223 e. The highest BCUT2D eigenvalue weighted by Crippen LogP contribution is 2.16. The van der Waals surface area contributed by atoms with Gasteiger partial charge in [-0.25, -0.2) is 0 Å². The number of amides is 1. The largest absolute Gasteiger partial charge is 0.497 e. The van der Waals surface area contributed by atoms with Gasteiger partial charge in [-0.1, -0.05) is 18.6 Å². The van der Waals surface area contributed by atoms with Crippen molar-refractivity contribution in [3.05, 3.63) is 29.8 Å². The molecule has 2 heterocycles. The summed E-state index contributed by atoms with van der Waals surface area (Å²) in [5.74, 6) is 1.16. The standard InChI is InChI=1S/C21H33N3O2/c1-26-20-8-5-18(6-9-20)7-10-21(25)24(19-11-12-22-17-19)16-15-23-13-3-2-4-14-23/h5-6,8-9,19,22H,2-4,7,10-17H2,1H3. The Balaban J connectivity index is 1.53. The van der Waals surface area contributed by atoms with Crippen LogP contribution in [-0.2, 0) is 11.2 Å². The van der Waals surface area contributed by atoms with Crippen LogP contribution in [0.1, 0.15) is 37.7 Å². The number of nitrogens with one attached hydrogen (secondary N) is 1. The van der Waals surface area contributed by atoms with E-state index in [1.165, 1.54) is 37.9 Å². The summed E-state index contributed by atoms with van der Waals surface area (Å²) in [6, 6.07) is 8.41. The van der Waals surface area contributed by atoms with E-state index in [0.717, 1.165) is 44.8 Å². The third kappa shape index (κ3) is 5.45. The lowest BCUT2D eigenvalue weighted by molar-refractivity contribution is -0.133. The molecule has 0 bridgehead atoms. The Morgan fingerprint density at radius 1 is 1.23 bits per heavy atom. The predicted molar refractivity (Wildman–Crippen MR) is 105 cm³/mol. The fourth-order valence-electron chi connectivity index (χ4n) is 4.04. The van der Waals surface area contributed by atoms with Crippen molar-refractivity contribution in [2.24, 2.45) is 0 Å². The molecule has 5 nitrogen and oxygen atoms in total. The molecule has 1 atom stereocenters. The lowest BCUT2D eigenvalue weighted by Crippen LogP contribution is -2.46. The number of aryl methyl sites for hydroxylation is 1. The van der Waals surface area contributed by atoms with Crippen LogP contribution in [0.25, 0.3) is 0 Å². The number of piperidine rings is 1. The van der Waals surface area contributed by atoms with E-state index in [-0.39, 0.29) is 0 Å². The molecule has 1 aromatic carbocycles. The molecule has 26 heavy (non-hydrogen) atoms. The van der Waals surface area contributed by atoms with Gasteiger partial charge in [-0.2, -0.15) is 0 Å². The van der Waals surface area contributed by atoms with Gasteiger partial charge < -0.3 is 19.9 Å². The number of benzene rings is 1. The number of nitrogens with zero attached hydrogens (tertiary/aromatic N) is 2. The van der Waals surface area contributed by atoms with Crippen LogP contribution in [0.4, 0.5) is 0 Å². The zero-order chi connectivity index (χ0) is 18.2. The number of likely N-dealkylation sites (tertiary alicyclic amines) is 1. The fourth-order valence-corrected chi connectivity index (χ4v) is 4.04. The molecule has 2 fully saturated rings. The molecule has 1 amide bonds. The van der Waals surface area contributed by atoms with Gasteiger partial charge in [0.15, 0.2) is 0 Å². The summed E-state index contributed by atoms with van der Waals surface area (Å²) in [5, 5.41) is 3.41. The van der Waals surface area contributed by atoms with Crippen LogP contribution < -0.4 is 10.1 Å². The molecule has 144 valence electrons. The summed E-state index contributed by atoms with van der Waals surface area (Å²) in [6.45, 7) is 6.23. The van der Waals surface area contributed by atoms with Gasteiger partial charge in [0.1, 0.15) is 5.75 Å². The summed E-state index contributed by atoms with van der Waals surface area (Å²) < 4.78 is 5.20. The van der Waals surface area contributed by atoms with Crippen LogP contribution in [0.5, 0.6) is 5.75 Å². The first kappa shape index (κ1) is 19.2. The zero-order valence-electron chi connectivity index (χ0n) is 16.1. The van der Waals surface area contributed by atoms with E-state index in [1.807, 2.05) is 12.1 Å². The van der Waals surface area contributed by atoms with Gasteiger partial charge in [0.05, 0.1) is 7.11 Å². The molecule has 2 aliphatic rings. The molecular formula is C21H33N3O2. The molecule has 0 radical (unpaired) electrons. The second-order valence-electron chi connectivity index (χ2n) is 7.48. The van der Waals surface area contributed by atoms with Crippen molar-refractivity contribution in [1.82, 2.24) is 15.1 Å². The van der Waals surface area contributed by atoms with E-state index in [1.54, 1.807) is 7.11 Å². The second kappa shape index (κ2) is 9.93. The molecule has 3 rings (SSSR count). The normalized spacial score (nSPS) is 20.9. The van der Waals surface area contributed by atoms with Gasteiger partial charge in [0, 0.05) is 32.1 Å². The molecule has 0 aromatic heterocycles. The van der Waals surface area contributed by atoms with E-state index >= 15 is 0 Å². The van der Waals surface area contributed by atoms with Crippen molar-refractivity contribution >= 4 is 5.91 Å². The van der Waals surface area contributed by atoms with Crippen LogP contribution in [-0.4, -0.2) is 68.1 Å². The first-order valence-corrected chi connectivity index (χ1v) is 10.1. The Labute approximate surface area is 157 Å².